The Labute approximate surface area is 135 Å². The molecule has 5 heteroatoms. The van der Waals surface area contributed by atoms with Crippen LogP contribution in [0.3, 0.4) is 0 Å². The van der Waals surface area contributed by atoms with Crippen molar-refractivity contribution in [3.63, 3.8) is 0 Å². The van der Waals surface area contributed by atoms with E-state index < -0.39 is 0 Å². The summed E-state index contributed by atoms with van der Waals surface area (Å²) in [5, 5.41) is 6.03. The van der Waals surface area contributed by atoms with E-state index in [0.717, 1.165) is 28.3 Å². The summed E-state index contributed by atoms with van der Waals surface area (Å²) in [6, 6.07) is 11.4. The Kier molecular flexibility index (Phi) is 4.37. The Morgan fingerprint density at radius 1 is 1.09 bits per heavy atom. The van der Waals surface area contributed by atoms with Gasteiger partial charge >= 0.3 is 0 Å². The molecule has 0 saturated carbocycles. The molecule has 120 valence electrons. The fraction of sp³-hybridized carbons (Fsp3) is 0.278. The van der Waals surface area contributed by atoms with E-state index in [9.17, 15) is 4.79 Å². The van der Waals surface area contributed by atoms with Crippen LogP contribution in [0.15, 0.2) is 36.4 Å². The predicted octanol–water partition coefficient (Wildman–Crippen LogP) is 3.13. The third-order valence-corrected chi connectivity index (χ3v) is 3.87. The first-order valence-electron chi connectivity index (χ1n) is 7.63. The highest BCUT2D eigenvalue weighted by Crippen LogP contribution is 2.32. The number of nitrogens with one attached hydrogen (secondary N) is 2. The Morgan fingerprint density at radius 3 is 2.70 bits per heavy atom. The summed E-state index contributed by atoms with van der Waals surface area (Å²) in [6.45, 7) is 5.33. The van der Waals surface area contributed by atoms with Crippen LogP contribution in [0.25, 0.3) is 0 Å². The Bertz CT molecular complexity index is 728. The molecular weight excluding hydrogens is 292 g/mol. The van der Waals surface area contributed by atoms with Crippen LogP contribution in [-0.2, 0) is 4.79 Å². The minimum atomic E-state index is -0.0893. The van der Waals surface area contributed by atoms with Crippen LogP contribution in [-0.4, -0.2) is 25.7 Å². The number of rotatable bonds is 4. The lowest BCUT2D eigenvalue weighted by atomic mass is 10.1. The summed E-state index contributed by atoms with van der Waals surface area (Å²) in [6.07, 6.45) is 0. The summed E-state index contributed by atoms with van der Waals surface area (Å²) in [7, 11) is 0. The standard InChI is InChI=1S/C18H20N2O3/c1-12-4-3-5-15(13(12)2)20-18(21)11-19-14-6-7-16-17(10-14)23-9-8-22-16/h3-7,10,19H,8-9,11H2,1-2H3,(H,20,21). The quantitative estimate of drug-likeness (QED) is 0.910. The summed E-state index contributed by atoms with van der Waals surface area (Å²) in [4.78, 5) is 12.1. The van der Waals surface area contributed by atoms with Gasteiger partial charge in [-0.1, -0.05) is 12.1 Å². The number of ether oxygens (including phenoxy) is 2. The van der Waals surface area contributed by atoms with Crippen LogP contribution in [0.5, 0.6) is 11.5 Å². The van der Waals surface area contributed by atoms with Crippen LogP contribution in [0, 0.1) is 13.8 Å². The Balaban J connectivity index is 1.60. The maximum absolute atomic E-state index is 12.1. The van der Waals surface area contributed by atoms with Crippen LogP contribution < -0.4 is 20.1 Å². The molecule has 2 aromatic carbocycles. The van der Waals surface area contributed by atoms with Crippen molar-refractivity contribution in [1.82, 2.24) is 0 Å². The molecule has 0 saturated heterocycles. The first-order valence-corrected chi connectivity index (χ1v) is 7.63. The van der Waals surface area contributed by atoms with Gasteiger partial charge in [0.2, 0.25) is 5.91 Å². The average molecular weight is 312 g/mol. The summed E-state index contributed by atoms with van der Waals surface area (Å²) in [5.41, 5.74) is 3.91. The molecule has 23 heavy (non-hydrogen) atoms. The van der Waals surface area contributed by atoms with Gasteiger partial charge in [0.15, 0.2) is 11.5 Å². The molecule has 1 aliphatic rings. The lowest BCUT2D eigenvalue weighted by Crippen LogP contribution is -2.22. The number of hydrogen-bond donors (Lipinski definition) is 2. The van der Waals surface area contributed by atoms with Gasteiger partial charge in [-0.25, -0.2) is 0 Å². The maximum atomic E-state index is 12.1. The molecule has 2 N–H and O–H groups in total. The molecule has 0 aromatic heterocycles. The second kappa shape index (κ2) is 6.60. The average Bonchev–Trinajstić information content (AvgIpc) is 2.57. The van der Waals surface area contributed by atoms with E-state index in [1.165, 1.54) is 0 Å². The number of benzene rings is 2. The van der Waals surface area contributed by atoms with Gasteiger partial charge in [0.25, 0.3) is 0 Å². The third-order valence-electron chi connectivity index (χ3n) is 3.87. The van der Waals surface area contributed by atoms with E-state index in [1.54, 1.807) is 0 Å². The molecule has 1 heterocycles. The van der Waals surface area contributed by atoms with E-state index in [0.29, 0.717) is 19.0 Å². The highest BCUT2D eigenvalue weighted by Gasteiger charge is 2.12. The number of aryl methyl sites for hydroxylation is 1. The monoisotopic (exact) mass is 312 g/mol. The number of carbonyl (C=O) groups excluding carboxylic acids is 1. The van der Waals surface area contributed by atoms with E-state index in [2.05, 4.69) is 10.6 Å². The molecule has 0 radical (unpaired) electrons. The molecule has 0 aliphatic carbocycles. The van der Waals surface area contributed by atoms with Crippen molar-refractivity contribution in [2.24, 2.45) is 0 Å². The second-order valence-corrected chi connectivity index (χ2v) is 5.51. The molecule has 0 unspecified atom stereocenters. The second-order valence-electron chi connectivity index (χ2n) is 5.51. The van der Waals surface area contributed by atoms with Crippen molar-refractivity contribution < 1.29 is 14.3 Å². The minimum Gasteiger partial charge on any atom is -0.486 e. The highest BCUT2D eigenvalue weighted by molar-refractivity contribution is 5.94. The smallest absolute Gasteiger partial charge is 0.243 e. The van der Waals surface area contributed by atoms with Crippen molar-refractivity contribution in [2.75, 3.05) is 30.4 Å². The molecular formula is C18H20N2O3. The fourth-order valence-electron chi connectivity index (χ4n) is 2.42. The molecule has 0 atom stereocenters. The zero-order valence-electron chi connectivity index (χ0n) is 13.3. The lowest BCUT2D eigenvalue weighted by molar-refractivity contribution is -0.114. The SMILES string of the molecule is Cc1cccc(NC(=O)CNc2ccc3c(c2)OCCO3)c1C. The molecule has 1 aliphatic heterocycles. The van der Waals surface area contributed by atoms with E-state index in [-0.39, 0.29) is 12.5 Å². The molecule has 0 spiro atoms. The topological polar surface area (TPSA) is 59.6 Å². The van der Waals surface area contributed by atoms with Crippen LogP contribution >= 0.6 is 0 Å². The van der Waals surface area contributed by atoms with E-state index in [4.69, 9.17) is 9.47 Å². The summed E-state index contributed by atoms with van der Waals surface area (Å²) >= 11 is 0. The third kappa shape index (κ3) is 3.56. The number of anilines is 2. The molecule has 5 nitrogen and oxygen atoms in total. The minimum absolute atomic E-state index is 0.0893. The summed E-state index contributed by atoms with van der Waals surface area (Å²) in [5.74, 6) is 1.35. The van der Waals surface area contributed by atoms with Crippen molar-refractivity contribution in [1.29, 1.82) is 0 Å². The van der Waals surface area contributed by atoms with Gasteiger partial charge < -0.3 is 20.1 Å². The van der Waals surface area contributed by atoms with Crippen molar-refractivity contribution >= 4 is 17.3 Å². The van der Waals surface area contributed by atoms with E-state index in [1.807, 2.05) is 50.2 Å². The van der Waals surface area contributed by atoms with Gasteiger partial charge in [0.1, 0.15) is 13.2 Å². The first-order chi connectivity index (χ1) is 11.1. The highest BCUT2D eigenvalue weighted by atomic mass is 16.6. The molecule has 0 bridgehead atoms. The number of fused-ring (bicyclic) bond motifs is 1. The number of carbonyl (C=O) groups is 1. The summed E-state index contributed by atoms with van der Waals surface area (Å²) < 4.78 is 11.0. The van der Waals surface area contributed by atoms with Crippen LogP contribution in [0.2, 0.25) is 0 Å². The zero-order valence-corrected chi connectivity index (χ0v) is 13.3. The van der Waals surface area contributed by atoms with Gasteiger partial charge in [-0.3, -0.25) is 4.79 Å². The van der Waals surface area contributed by atoms with Crippen LogP contribution in [0.4, 0.5) is 11.4 Å². The van der Waals surface area contributed by atoms with Gasteiger partial charge in [0, 0.05) is 17.4 Å². The lowest BCUT2D eigenvalue weighted by Gasteiger charge is -2.19. The molecule has 1 amide bonds. The number of amides is 1. The van der Waals surface area contributed by atoms with Crippen molar-refractivity contribution in [3.8, 4) is 11.5 Å². The predicted molar refractivity (Wildman–Crippen MR) is 90.5 cm³/mol. The van der Waals surface area contributed by atoms with Crippen molar-refractivity contribution in [3.05, 3.63) is 47.5 Å². The Hall–Kier alpha value is -2.69. The van der Waals surface area contributed by atoms with Crippen molar-refractivity contribution in [2.45, 2.75) is 13.8 Å². The van der Waals surface area contributed by atoms with Crippen LogP contribution in [0.1, 0.15) is 11.1 Å². The maximum Gasteiger partial charge on any atom is 0.243 e. The van der Waals surface area contributed by atoms with Gasteiger partial charge in [-0.15, -0.1) is 0 Å². The molecule has 2 aromatic rings. The van der Waals surface area contributed by atoms with E-state index >= 15 is 0 Å². The first kappa shape index (κ1) is 15.2. The van der Waals surface area contributed by atoms with Gasteiger partial charge in [-0.05, 0) is 43.2 Å². The largest absolute Gasteiger partial charge is 0.486 e. The van der Waals surface area contributed by atoms with Gasteiger partial charge in [-0.2, -0.15) is 0 Å². The molecule has 0 fully saturated rings. The van der Waals surface area contributed by atoms with Gasteiger partial charge in [0.05, 0.1) is 6.54 Å². The molecule has 3 rings (SSSR count). The number of hydrogen-bond acceptors (Lipinski definition) is 4. The zero-order chi connectivity index (χ0) is 16.2. The Morgan fingerprint density at radius 2 is 1.87 bits per heavy atom. The fourth-order valence-corrected chi connectivity index (χ4v) is 2.42. The normalized spacial score (nSPS) is 12.6.